The van der Waals surface area contributed by atoms with E-state index in [1.54, 1.807) is 18.9 Å². The third-order valence-electron chi connectivity index (χ3n) is 4.34. The summed E-state index contributed by atoms with van der Waals surface area (Å²) in [5.41, 5.74) is 7.63. The number of aromatic nitrogens is 1. The van der Waals surface area contributed by atoms with E-state index in [1.807, 2.05) is 24.3 Å². The first-order chi connectivity index (χ1) is 11.1. The summed E-state index contributed by atoms with van der Waals surface area (Å²) in [6.45, 7) is 2.38. The van der Waals surface area contributed by atoms with Gasteiger partial charge in [-0.3, -0.25) is 4.79 Å². The standard InChI is InChI=1S/C17H21N3O3/c1-11-15(19-10-23-11)17(21)20-9-5-7-13(18)16(20)12-6-3-4-8-14(12)22-2/h3-4,6,8,10,13,16H,5,7,9,18H2,1-2H3/t13-,16-/m0/s1. The van der Waals surface area contributed by atoms with Gasteiger partial charge in [-0.1, -0.05) is 18.2 Å². The molecule has 6 nitrogen and oxygen atoms in total. The van der Waals surface area contributed by atoms with Crippen molar-refractivity contribution in [1.29, 1.82) is 0 Å². The quantitative estimate of drug-likeness (QED) is 0.940. The number of ether oxygens (including phenoxy) is 1. The van der Waals surface area contributed by atoms with Gasteiger partial charge in [0.2, 0.25) is 0 Å². The van der Waals surface area contributed by atoms with Crippen LogP contribution >= 0.6 is 0 Å². The Morgan fingerprint density at radius 1 is 1.43 bits per heavy atom. The number of rotatable bonds is 3. The van der Waals surface area contributed by atoms with Crippen LogP contribution in [0.15, 0.2) is 35.1 Å². The molecule has 0 saturated carbocycles. The molecule has 1 aliphatic heterocycles. The molecule has 2 N–H and O–H groups in total. The van der Waals surface area contributed by atoms with Crippen molar-refractivity contribution in [1.82, 2.24) is 9.88 Å². The maximum atomic E-state index is 12.9. The average Bonchev–Trinajstić information content (AvgIpc) is 3.00. The third-order valence-corrected chi connectivity index (χ3v) is 4.34. The van der Waals surface area contributed by atoms with Gasteiger partial charge >= 0.3 is 0 Å². The fourth-order valence-electron chi connectivity index (χ4n) is 3.21. The number of benzene rings is 1. The molecule has 6 heteroatoms. The molecule has 3 rings (SSSR count). The summed E-state index contributed by atoms with van der Waals surface area (Å²) >= 11 is 0. The molecule has 2 atom stereocenters. The van der Waals surface area contributed by atoms with Gasteiger partial charge in [0.05, 0.1) is 13.2 Å². The molecule has 2 heterocycles. The second-order valence-electron chi connectivity index (χ2n) is 5.75. The van der Waals surface area contributed by atoms with Crippen LogP contribution in [0.5, 0.6) is 5.75 Å². The zero-order chi connectivity index (χ0) is 16.4. The fraction of sp³-hybridized carbons (Fsp3) is 0.412. The van der Waals surface area contributed by atoms with Gasteiger partial charge < -0.3 is 19.8 Å². The maximum absolute atomic E-state index is 12.9. The summed E-state index contributed by atoms with van der Waals surface area (Å²) in [7, 11) is 1.63. The van der Waals surface area contributed by atoms with Crippen LogP contribution in [0.4, 0.5) is 0 Å². The lowest BCUT2D eigenvalue weighted by Crippen LogP contribution is -2.48. The minimum Gasteiger partial charge on any atom is -0.496 e. The number of nitrogens with two attached hydrogens (primary N) is 1. The molecule has 1 fully saturated rings. The number of likely N-dealkylation sites (tertiary alicyclic amines) is 1. The number of piperidine rings is 1. The Morgan fingerprint density at radius 3 is 2.91 bits per heavy atom. The molecule has 23 heavy (non-hydrogen) atoms. The highest BCUT2D eigenvalue weighted by molar-refractivity contribution is 5.93. The molecule has 2 aromatic rings. The number of hydrogen-bond acceptors (Lipinski definition) is 5. The third kappa shape index (κ3) is 2.82. The Labute approximate surface area is 135 Å². The van der Waals surface area contributed by atoms with E-state index in [-0.39, 0.29) is 18.0 Å². The lowest BCUT2D eigenvalue weighted by atomic mass is 9.90. The number of para-hydroxylation sites is 1. The second-order valence-corrected chi connectivity index (χ2v) is 5.75. The van der Waals surface area contributed by atoms with E-state index in [1.165, 1.54) is 6.39 Å². The van der Waals surface area contributed by atoms with Crippen molar-refractivity contribution in [3.8, 4) is 5.75 Å². The molecular weight excluding hydrogens is 294 g/mol. The normalized spacial score (nSPS) is 21.3. The van der Waals surface area contributed by atoms with Gasteiger partial charge in [0, 0.05) is 18.2 Å². The van der Waals surface area contributed by atoms with Crippen LogP contribution in [-0.4, -0.2) is 35.5 Å². The van der Waals surface area contributed by atoms with Crippen molar-refractivity contribution < 1.29 is 13.9 Å². The van der Waals surface area contributed by atoms with E-state index in [2.05, 4.69) is 4.98 Å². The van der Waals surface area contributed by atoms with Crippen LogP contribution in [0, 0.1) is 6.92 Å². The van der Waals surface area contributed by atoms with Gasteiger partial charge in [0.25, 0.3) is 5.91 Å². The highest BCUT2D eigenvalue weighted by atomic mass is 16.5. The lowest BCUT2D eigenvalue weighted by molar-refractivity contribution is 0.0565. The van der Waals surface area contributed by atoms with Crippen molar-refractivity contribution in [2.24, 2.45) is 5.73 Å². The van der Waals surface area contributed by atoms with E-state index in [0.717, 1.165) is 24.2 Å². The number of carbonyl (C=O) groups is 1. The first-order valence-electron chi connectivity index (χ1n) is 7.73. The molecule has 0 spiro atoms. The van der Waals surface area contributed by atoms with Crippen molar-refractivity contribution in [2.45, 2.75) is 31.8 Å². The van der Waals surface area contributed by atoms with Crippen molar-refractivity contribution in [2.75, 3.05) is 13.7 Å². The Kier molecular flexibility index (Phi) is 4.34. The first kappa shape index (κ1) is 15.6. The van der Waals surface area contributed by atoms with Gasteiger partial charge in [-0.15, -0.1) is 0 Å². The van der Waals surface area contributed by atoms with E-state index < -0.39 is 0 Å². The van der Waals surface area contributed by atoms with Crippen LogP contribution in [-0.2, 0) is 0 Å². The summed E-state index contributed by atoms with van der Waals surface area (Å²) in [6, 6.07) is 7.32. The Hall–Kier alpha value is -2.34. The molecule has 122 valence electrons. The Balaban J connectivity index is 2.00. The summed E-state index contributed by atoms with van der Waals surface area (Å²) in [5.74, 6) is 1.11. The van der Waals surface area contributed by atoms with E-state index >= 15 is 0 Å². The predicted octanol–water partition coefficient (Wildman–Crippen LogP) is 2.30. The molecule has 1 aliphatic rings. The number of amides is 1. The molecular formula is C17H21N3O3. The number of hydrogen-bond donors (Lipinski definition) is 1. The molecule has 1 aromatic carbocycles. The fourth-order valence-corrected chi connectivity index (χ4v) is 3.21. The Bertz CT molecular complexity index is 698. The zero-order valence-corrected chi connectivity index (χ0v) is 13.4. The zero-order valence-electron chi connectivity index (χ0n) is 13.4. The largest absolute Gasteiger partial charge is 0.496 e. The second kappa shape index (κ2) is 6.42. The highest BCUT2D eigenvalue weighted by Crippen LogP contribution is 2.36. The molecule has 0 unspecified atom stereocenters. The summed E-state index contributed by atoms with van der Waals surface area (Å²) in [4.78, 5) is 18.8. The van der Waals surface area contributed by atoms with Crippen molar-refractivity contribution >= 4 is 5.91 Å². The molecule has 0 radical (unpaired) electrons. The minimum absolute atomic E-state index is 0.142. The minimum atomic E-state index is -0.233. The molecule has 1 saturated heterocycles. The number of methoxy groups -OCH3 is 1. The smallest absolute Gasteiger partial charge is 0.276 e. The summed E-state index contributed by atoms with van der Waals surface area (Å²) in [5, 5.41) is 0. The molecule has 1 amide bonds. The number of oxazole rings is 1. The predicted molar refractivity (Wildman–Crippen MR) is 85.2 cm³/mol. The van der Waals surface area contributed by atoms with Crippen molar-refractivity contribution in [3.05, 3.63) is 47.7 Å². The van der Waals surface area contributed by atoms with Gasteiger partial charge in [-0.05, 0) is 25.8 Å². The SMILES string of the molecule is COc1ccccc1[C@H]1[C@@H](N)CCCN1C(=O)c1ncoc1C. The van der Waals surface area contributed by atoms with Crippen LogP contribution in [0.2, 0.25) is 0 Å². The highest BCUT2D eigenvalue weighted by Gasteiger charge is 2.36. The van der Waals surface area contributed by atoms with Crippen molar-refractivity contribution in [3.63, 3.8) is 0 Å². The average molecular weight is 315 g/mol. The van der Waals surface area contributed by atoms with Crippen LogP contribution in [0.3, 0.4) is 0 Å². The number of aryl methyl sites for hydroxylation is 1. The van der Waals surface area contributed by atoms with E-state index in [9.17, 15) is 4.79 Å². The lowest BCUT2D eigenvalue weighted by Gasteiger charge is -2.40. The van der Waals surface area contributed by atoms with Gasteiger partial charge in [-0.25, -0.2) is 4.98 Å². The Morgan fingerprint density at radius 2 is 2.22 bits per heavy atom. The summed E-state index contributed by atoms with van der Waals surface area (Å²) < 4.78 is 10.6. The molecule has 0 aliphatic carbocycles. The first-order valence-corrected chi connectivity index (χ1v) is 7.73. The van der Waals surface area contributed by atoms with Gasteiger partial charge in [-0.2, -0.15) is 0 Å². The maximum Gasteiger partial charge on any atom is 0.276 e. The number of carbonyl (C=O) groups excluding carboxylic acids is 1. The molecule has 0 bridgehead atoms. The summed E-state index contributed by atoms with van der Waals surface area (Å²) in [6.07, 6.45) is 3.03. The number of nitrogens with zero attached hydrogens (tertiary/aromatic N) is 2. The monoisotopic (exact) mass is 315 g/mol. The van der Waals surface area contributed by atoms with Gasteiger partial charge in [0.1, 0.15) is 11.5 Å². The van der Waals surface area contributed by atoms with E-state index in [0.29, 0.717) is 18.0 Å². The molecule has 1 aromatic heterocycles. The van der Waals surface area contributed by atoms with E-state index in [4.69, 9.17) is 14.9 Å². The van der Waals surface area contributed by atoms with Crippen LogP contribution in [0.25, 0.3) is 0 Å². The van der Waals surface area contributed by atoms with Crippen LogP contribution in [0.1, 0.15) is 40.7 Å². The topological polar surface area (TPSA) is 81.6 Å². The van der Waals surface area contributed by atoms with Crippen LogP contribution < -0.4 is 10.5 Å². The van der Waals surface area contributed by atoms with Gasteiger partial charge in [0.15, 0.2) is 12.1 Å².